The Bertz CT molecular complexity index is 866. The van der Waals surface area contributed by atoms with Crippen molar-refractivity contribution in [2.75, 3.05) is 0 Å². The summed E-state index contributed by atoms with van der Waals surface area (Å²) in [5.41, 5.74) is 2.86. The highest BCUT2D eigenvalue weighted by molar-refractivity contribution is 5.49. The van der Waals surface area contributed by atoms with Crippen LogP contribution in [-0.2, 0) is 6.42 Å². The average molecular weight is 366 g/mol. The second-order valence-electron chi connectivity index (χ2n) is 5.15. The molecule has 0 aromatic heterocycles. The summed E-state index contributed by atoms with van der Waals surface area (Å²) in [7, 11) is 0. The van der Waals surface area contributed by atoms with Crippen LogP contribution in [0.5, 0.6) is 5.75 Å². The van der Waals surface area contributed by atoms with Gasteiger partial charge < -0.3 is 4.74 Å². The number of hydrogen-bond donors (Lipinski definition) is 0. The predicted molar refractivity (Wildman–Crippen MR) is 100 cm³/mol. The Labute approximate surface area is 158 Å². The Balaban J connectivity index is 0.00000176. The molecule has 0 spiro atoms. The smallest absolute Gasteiger partial charge is 0.387 e. The summed E-state index contributed by atoms with van der Waals surface area (Å²) in [5, 5.41) is 17.8. The lowest BCUT2D eigenvalue weighted by molar-refractivity contribution is -0.0498. The standard InChI is InChI=1S/C20H14F2N2O.C2H6/c21-20(22)25-19-10-7-15(8-11-19)4-5-16-6-9-18(14-24)17(13-16)3-1-2-12-23;1-2/h6-11,13,20H,1-3H2;1-2H3. The monoisotopic (exact) mass is 366 g/mol. The summed E-state index contributed by atoms with van der Waals surface area (Å²) in [6.45, 7) is 1.15. The van der Waals surface area contributed by atoms with Gasteiger partial charge in [-0.1, -0.05) is 25.7 Å². The molecule has 2 aromatic rings. The van der Waals surface area contributed by atoms with E-state index in [0.29, 0.717) is 30.4 Å². The maximum atomic E-state index is 12.1. The largest absolute Gasteiger partial charge is 0.435 e. The zero-order chi connectivity index (χ0) is 20.1. The Hall–Kier alpha value is -3.36. The highest BCUT2D eigenvalue weighted by Crippen LogP contribution is 2.16. The molecular weight excluding hydrogens is 346 g/mol. The highest BCUT2D eigenvalue weighted by Gasteiger charge is 2.04. The Morgan fingerprint density at radius 1 is 0.963 bits per heavy atom. The van der Waals surface area contributed by atoms with Gasteiger partial charge in [0.1, 0.15) is 5.75 Å². The molecule has 3 nitrogen and oxygen atoms in total. The third-order valence-electron chi connectivity index (χ3n) is 3.39. The molecule has 0 unspecified atom stereocenters. The number of nitriles is 2. The van der Waals surface area contributed by atoms with Crippen LogP contribution in [0.25, 0.3) is 0 Å². The summed E-state index contributed by atoms with van der Waals surface area (Å²) in [4.78, 5) is 0. The van der Waals surface area contributed by atoms with Crippen LogP contribution < -0.4 is 4.74 Å². The first-order valence-corrected chi connectivity index (χ1v) is 8.59. The highest BCUT2D eigenvalue weighted by atomic mass is 19.3. The van der Waals surface area contributed by atoms with Gasteiger partial charge in [0.05, 0.1) is 17.7 Å². The van der Waals surface area contributed by atoms with E-state index >= 15 is 0 Å². The molecule has 0 saturated carbocycles. The van der Waals surface area contributed by atoms with Crippen LogP contribution >= 0.6 is 0 Å². The number of ether oxygens (including phenoxy) is 1. The van der Waals surface area contributed by atoms with Crippen molar-refractivity contribution in [3.8, 4) is 29.7 Å². The first-order chi connectivity index (χ1) is 13.1. The van der Waals surface area contributed by atoms with Crippen molar-refractivity contribution in [2.45, 2.75) is 39.7 Å². The van der Waals surface area contributed by atoms with Crippen molar-refractivity contribution >= 4 is 0 Å². The van der Waals surface area contributed by atoms with Crippen LogP contribution in [0.2, 0.25) is 0 Å². The number of halogens is 2. The number of aryl methyl sites for hydroxylation is 1. The fourth-order valence-electron chi connectivity index (χ4n) is 2.21. The molecule has 0 N–H and O–H groups in total. The van der Waals surface area contributed by atoms with Gasteiger partial charge in [0.15, 0.2) is 0 Å². The van der Waals surface area contributed by atoms with Crippen LogP contribution in [0.15, 0.2) is 42.5 Å². The lowest BCUT2D eigenvalue weighted by Crippen LogP contribution is -2.01. The zero-order valence-corrected chi connectivity index (χ0v) is 15.3. The summed E-state index contributed by atoms with van der Waals surface area (Å²) in [6, 6.07) is 15.6. The number of benzene rings is 2. The molecule has 138 valence electrons. The molecule has 5 heteroatoms. The van der Waals surface area contributed by atoms with Gasteiger partial charge in [0.2, 0.25) is 0 Å². The van der Waals surface area contributed by atoms with E-state index in [4.69, 9.17) is 10.5 Å². The minimum absolute atomic E-state index is 0.0821. The minimum atomic E-state index is -2.85. The van der Waals surface area contributed by atoms with Gasteiger partial charge in [-0.25, -0.2) is 0 Å². The molecule has 0 radical (unpaired) electrons. The van der Waals surface area contributed by atoms with E-state index in [1.807, 2.05) is 19.9 Å². The quantitative estimate of drug-likeness (QED) is 0.523. The van der Waals surface area contributed by atoms with E-state index in [1.165, 1.54) is 12.1 Å². The van der Waals surface area contributed by atoms with E-state index in [9.17, 15) is 8.78 Å². The van der Waals surface area contributed by atoms with Crippen LogP contribution in [0, 0.1) is 34.5 Å². The maximum Gasteiger partial charge on any atom is 0.387 e. The molecule has 0 fully saturated rings. The topological polar surface area (TPSA) is 56.8 Å². The van der Waals surface area contributed by atoms with E-state index < -0.39 is 6.61 Å². The molecule has 2 aromatic carbocycles. The summed E-state index contributed by atoms with van der Waals surface area (Å²) >= 11 is 0. The van der Waals surface area contributed by atoms with E-state index in [2.05, 4.69) is 28.7 Å². The predicted octanol–water partition coefficient (Wildman–Crippen LogP) is 5.43. The summed E-state index contributed by atoms with van der Waals surface area (Å²) in [5.74, 6) is 6.02. The Morgan fingerprint density at radius 2 is 1.59 bits per heavy atom. The summed E-state index contributed by atoms with van der Waals surface area (Å²) in [6.07, 6.45) is 1.77. The Kier molecular flexibility index (Phi) is 9.69. The van der Waals surface area contributed by atoms with Crippen molar-refractivity contribution in [1.29, 1.82) is 10.5 Å². The molecule has 0 aliphatic carbocycles. The van der Waals surface area contributed by atoms with Crippen LogP contribution in [-0.4, -0.2) is 6.61 Å². The van der Waals surface area contributed by atoms with E-state index in [1.54, 1.807) is 24.3 Å². The first-order valence-electron chi connectivity index (χ1n) is 8.59. The third-order valence-corrected chi connectivity index (χ3v) is 3.39. The normalized spacial score (nSPS) is 9.15. The second kappa shape index (κ2) is 12.1. The number of hydrogen-bond acceptors (Lipinski definition) is 3. The molecule has 0 saturated heterocycles. The van der Waals surface area contributed by atoms with Crippen LogP contribution in [0.1, 0.15) is 48.9 Å². The molecular formula is C22H20F2N2O. The Morgan fingerprint density at radius 3 is 2.19 bits per heavy atom. The lowest BCUT2D eigenvalue weighted by atomic mass is 10.00. The molecule has 0 bridgehead atoms. The minimum Gasteiger partial charge on any atom is -0.435 e. The molecule has 0 aliphatic rings. The van der Waals surface area contributed by atoms with Crippen LogP contribution in [0.4, 0.5) is 8.78 Å². The fraction of sp³-hybridized carbons (Fsp3) is 0.273. The second-order valence-corrected chi connectivity index (χ2v) is 5.15. The van der Waals surface area contributed by atoms with Crippen molar-refractivity contribution < 1.29 is 13.5 Å². The fourth-order valence-corrected chi connectivity index (χ4v) is 2.21. The number of rotatable bonds is 5. The molecule has 0 aliphatic heterocycles. The average Bonchev–Trinajstić information content (AvgIpc) is 2.69. The molecule has 0 heterocycles. The van der Waals surface area contributed by atoms with E-state index in [-0.39, 0.29) is 5.75 Å². The SMILES string of the molecule is CC.N#CCCCc1cc(C#Cc2ccc(OC(F)F)cc2)ccc1C#N. The van der Waals surface area contributed by atoms with Gasteiger partial charge in [-0.15, -0.1) is 0 Å². The van der Waals surface area contributed by atoms with Crippen molar-refractivity contribution in [2.24, 2.45) is 0 Å². The van der Waals surface area contributed by atoms with Gasteiger partial charge in [-0.2, -0.15) is 19.3 Å². The van der Waals surface area contributed by atoms with E-state index in [0.717, 1.165) is 11.1 Å². The number of nitrogens with zero attached hydrogens (tertiary/aromatic N) is 2. The van der Waals surface area contributed by atoms with Gasteiger partial charge in [0.25, 0.3) is 0 Å². The van der Waals surface area contributed by atoms with Gasteiger partial charge >= 0.3 is 6.61 Å². The van der Waals surface area contributed by atoms with Crippen LogP contribution in [0.3, 0.4) is 0 Å². The molecule has 0 amide bonds. The van der Waals surface area contributed by atoms with Gasteiger partial charge in [-0.3, -0.25) is 0 Å². The third kappa shape index (κ3) is 7.59. The zero-order valence-electron chi connectivity index (χ0n) is 15.3. The number of alkyl halides is 2. The lowest BCUT2D eigenvalue weighted by Gasteiger charge is -2.04. The molecule has 2 rings (SSSR count). The maximum absolute atomic E-state index is 12.1. The van der Waals surface area contributed by atoms with Crippen molar-refractivity contribution in [3.63, 3.8) is 0 Å². The first kappa shape index (κ1) is 21.7. The number of unbranched alkanes of at least 4 members (excludes halogenated alkanes) is 1. The van der Waals surface area contributed by atoms with Crippen molar-refractivity contribution in [1.82, 2.24) is 0 Å². The molecule has 27 heavy (non-hydrogen) atoms. The summed E-state index contributed by atoms with van der Waals surface area (Å²) < 4.78 is 28.5. The van der Waals surface area contributed by atoms with Crippen molar-refractivity contribution in [3.05, 3.63) is 64.7 Å². The molecule has 0 atom stereocenters. The van der Waals surface area contributed by atoms with Gasteiger partial charge in [0, 0.05) is 17.5 Å². The van der Waals surface area contributed by atoms with Gasteiger partial charge in [-0.05, 0) is 60.9 Å².